The number of benzene rings is 2. The molecule has 4 nitrogen and oxygen atoms in total. The molecule has 0 spiro atoms. The summed E-state index contributed by atoms with van der Waals surface area (Å²) in [5.41, 5.74) is 4.03. The van der Waals surface area contributed by atoms with Crippen LogP contribution >= 0.6 is 0 Å². The van der Waals surface area contributed by atoms with E-state index in [1.807, 2.05) is 30.3 Å². The number of hydrogen-bond donors (Lipinski definition) is 3. The number of carboxylic acid groups (broad SMARTS) is 1. The van der Waals surface area contributed by atoms with Gasteiger partial charge in [0.15, 0.2) is 0 Å². The lowest BCUT2D eigenvalue weighted by atomic mass is 9.96. The second-order valence-electron chi connectivity index (χ2n) is 5.73. The van der Waals surface area contributed by atoms with Crippen molar-refractivity contribution in [2.24, 2.45) is 0 Å². The van der Waals surface area contributed by atoms with Crippen molar-refractivity contribution in [3.8, 4) is 0 Å². The van der Waals surface area contributed by atoms with Crippen LogP contribution in [-0.4, -0.2) is 30.2 Å². The van der Waals surface area contributed by atoms with Gasteiger partial charge in [-0.15, -0.1) is 0 Å². The zero-order chi connectivity index (χ0) is 16.5. The summed E-state index contributed by atoms with van der Waals surface area (Å²) in [6.07, 6.45) is 0.961. The fourth-order valence-electron chi connectivity index (χ4n) is 2.55. The van der Waals surface area contributed by atoms with Crippen molar-refractivity contribution in [2.45, 2.75) is 25.9 Å². The number of carbonyl (C=O) groups is 1. The van der Waals surface area contributed by atoms with Crippen molar-refractivity contribution in [3.63, 3.8) is 0 Å². The molecular formula is C19H24N2O2. The van der Waals surface area contributed by atoms with Gasteiger partial charge in [-0.3, -0.25) is 4.79 Å². The summed E-state index contributed by atoms with van der Waals surface area (Å²) in [6, 6.07) is 18.9. The van der Waals surface area contributed by atoms with E-state index in [1.165, 1.54) is 16.7 Å². The molecule has 1 unspecified atom stereocenters. The molecule has 0 aromatic heterocycles. The summed E-state index contributed by atoms with van der Waals surface area (Å²) >= 11 is 0. The van der Waals surface area contributed by atoms with E-state index in [1.54, 1.807) is 0 Å². The molecule has 23 heavy (non-hydrogen) atoms. The molecule has 1 aliphatic heterocycles. The minimum atomic E-state index is -0.809. The first-order valence-corrected chi connectivity index (χ1v) is 7.89. The minimum absolute atomic E-state index is 0.0276. The van der Waals surface area contributed by atoms with Gasteiger partial charge in [0.05, 0.1) is 6.54 Å². The third-order valence-corrected chi connectivity index (χ3v) is 3.77. The minimum Gasteiger partial charge on any atom is -0.480 e. The Balaban J connectivity index is 0.000000229. The van der Waals surface area contributed by atoms with Gasteiger partial charge in [0.25, 0.3) is 0 Å². The third kappa shape index (κ3) is 6.22. The zero-order valence-electron chi connectivity index (χ0n) is 13.5. The molecule has 3 N–H and O–H groups in total. The molecule has 0 bridgehead atoms. The summed E-state index contributed by atoms with van der Waals surface area (Å²) in [7, 11) is 0. The van der Waals surface area contributed by atoms with Crippen LogP contribution in [0.15, 0.2) is 54.6 Å². The van der Waals surface area contributed by atoms with E-state index in [0.717, 1.165) is 13.0 Å². The summed E-state index contributed by atoms with van der Waals surface area (Å²) in [4.78, 5) is 10.4. The van der Waals surface area contributed by atoms with E-state index in [9.17, 15) is 4.79 Å². The van der Waals surface area contributed by atoms with Crippen molar-refractivity contribution < 1.29 is 9.90 Å². The van der Waals surface area contributed by atoms with Crippen LogP contribution in [0.2, 0.25) is 0 Å². The Hall–Kier alpha value is -2.17. The highest BCUT2D eigenvalue weighted by Gasteiger charge is 2.16. The molecule has 3 rings (SSSR count). The SMILES string of the molecule is Cc1ccccc1.O=C(O)CNCC1Cc2ccccc2CN1. The number of nitrogens with one attached hydrogen (secondary N) is 2. The first kappa shape index (κ1) is 17.2. The van der Waals surface area contributed by atoms with Crippen molar-refractivity contribution in [1.29, 1.82) is 0 Å². The van der Waals surface area contributed by atoms with Gasteiger partial charge in [-0.25, -0.2) is 0 Å². The summed E-state index contributed by atoms with van der Waals surface area (Å²) in [6.45, 7) is 3.68. The van der Waals surface area contributed by atoms with E-state index in [2.05, 4.69) is 41.8 Å². The number of rotatable bonds is 4. The van der Waals surface area contributed by atoms with Crippen molar-refractivity contribution in [3.05, 3.63) is 71.3 Å². The van der Waals surface area contributed by atoms with E-state index in [-0.39, 0.29) is 6.54 Å². The van der Waals surface area contributed by atoms with Gasteiger partial charge in [-0.05, 0) is 24.5 Å². The molecular weight excluding hydrogens is 288 g/mol. The molecule has 2 aromatic rings. The Morgan fingerprint density at radius 2 is 1.78 bits per heavy atom. The predicted octanol–water partition coefficient (Wildman–Crippen LogP) is 2.37. The van der Waals surface area contributed by atoms with Crippen LogP contribution in [0.1, 0.15) is 16.7 Å². The van der Waals surface area contributed by atoms with Gasteiger partial charge in [0, 0.05) is 19.1 Å². The maximum Gasteiger partial charge on any atom is 0.317 e. The van der Waals surface area contributed by atoms with Crippen LogP contribution in [0.4, 0.5) is 0 Å². The molecule has 0 saturated carbocycles. The topological polar surface area (TPSA) is 61.4 Å². The largest absolute Gasteiger partial charge is 0.480 e. The van der Waals surface area contributed by atoms with E-state index >= 15 is 0 Å². The van der Waals surface area contributed by atoms with Crippen LogP contribution in [-0.2, 0) is 17.8 Å². The smallest absolute Gasteiger partial charge is 0.317 e. The summed E-state index contributed by atoms with van der Waals surface area (Å²) in [5.74, 6) is -0.809. The molecule has 0 fully saturated rings. The molecule has 1 atom stereocenters. The first-order chi connectivity index (χ1) is 11.1. The third-order valence-electron chi connectivity index (χ3n) is 3.77. The lowest BCUT2D eigenvalue weighted by Gasteiger charge is -2.26. The Labute approximate surface area is 137 Å². The molecule has 122 valence electrons. The fourth-order valence-corrected chi connectivity index (χ4v) is 2.55. The van der Waals surface area contributed by atoms with Gasteiger partial charge >= 0.3 is 5.97 Å². The van der Waals surface area contributed by atoms with Crippen LogP contribution in [0.25, 0.3) is 0 Å². The van der Waals surface area contributed by atoms with Gasteiger partial charge in [-0.2, -0.15) is 0 Å². The Morgan fingerprint density at radius 3 is 2.39 bits per heavy atom. The second kappa shape index (κ2) is 9.08. The Kier molecular flexibility index (Phi) is 6.78. The first-order valence-electron chi connectivity index (χ1n) is 7.89. The second-order valence-corrected chi connectivity index (χ2v) is 5.73. The van der Waals surface area contributed by atoms with Gasteiger partial charge in [-0.1, -0.05) is 60.2 Å². The van der Waals surface area contributed by atoms with E-state index in [4.69, 9.17) is 5.11 Å². The molecule has 1 heterocycles. The van der Waals surface area contributed by atoms with Crippen LogP contribution in [0, 0.1) is 6.92 Å². The fraction of sp³-hybridized carbons (Fsp3) is 0.316. The van der Waals surface area contributed by atoms with Crippen LogP contribution in [0.3, 0.4) is 0 Å². The molecule has 0 amide bonds. The van der Waals surface area contributed by atoms with Crippen LogP contribution < -0.4 is 10.6 Å². The number of hydrogen-bond acceptors (Lipinski definition) is 3. The number of aliphatic carboxylic acids is 1. The van der Waals surface area contributed by atoms with Gasteiger partial charge in [0.1, 0.15) is 0 Å². The standard InChI is InChI=1S/C12H16N2O2.C7H8/c15-12(16)8-13-7-11-5-9-3-1-2-4-10(9)6-14-11;1-7-5-3-2-4-6-7/h1-4,11,13-14H,5-8H2,(H,15,16);2-6H,1H3. The highest BCUT2D eigenvalue weighted by molar-refractivity contribution is 5.68. The van der Waals surface area contributed by atoms with Crippen molar-refractivity contribution >= 4 is 5.97 Å². The number of fused-ring (bicyclic) bond motifs is 1. The quantitative estimate of drug-likeness (QED) is 0.811. The van der Waals surface area contributed by atoms with Crippen LogP contribution in [0.5, 0.6) is 0 Å². The molecule has 0 saturated heterocycles. The molecule has 2 aromatic carbocycles. The normalized spacial score (nSPS) is 16.0. The number of carboxylic acids is 1. The zero-order valence-corrected chi connectivity index (χ0v) is 13.5. The van der Waals surface area contributed by atoms with E-state index < -0.39 is 5.97 Å². The summed E-state index contributed by atoms with van der Waals surface area (Å²) < 4.78 is 0. The maximum atomic E-state index is 10.4. The molecule has 1 aliphatic rings. The Morgan fingerprint density at radius 1 is 1.13 bits per heavy atom. The lowest BCUT2D eigenvalue weighted by Crippen LogP contribution is -2.44. The summed E-state index contributed by atoms with van der Waals surface area (Å²) in [5, 5.41) is 14.8. The van der Waals surface area contributed by atoms with Gasteiger partial charge < -0.3 is 15.7 Å². The highest BCUT2D eigenvalue weighted by Crippen LogP contribution is 2.15. The highest BCUT2D eigenvalue weighted by atomic mass is 16.4. The molecule has 0 aliphatic carbocycles. The van der Waals surface area contributed by atoms with Crippen molar-refractivity contribution in [1.82, 2.24) is 10.6 Å². The number of aryl methyl sites for hydroxylation is 1. The monoisotopic (exact) mass is 312 g/mol. The van der Waals surface area contributed by atoms with E-state index in [0.29, 0.717) is 12.6 Å². The van der Waals surface area contributed by atoms with Crippen molar-refractivity contribution in [2.75, 3.05) is 13.1 Å². The maximum absolute atomic E-state index is 10.4. The van der Waals surface area contributed by atoms with Gasteiger partial charge in [0.2, 0.25) is 0 Å². The predicted molar refractivity (Wildman–Crippen MR) is 92.5 cm³/mol. The molecule has 0 radical (unpaired) electrons. The Bertz CT molecular complexity index is 614. The average molecular weight is 312 g/mol. The molecule has 4 heteroatoms. The lowest BCUT2D eigenvalue weighted by molar-refractivity contribution is -0.135. The average Bonchev–Trinajstić information content (AvgIpc) is 2.56.